The molecule has 0 aliphatic carbocycles. The lowest BCUT2D eigenvalue weighted by molar-refractivity contribution is 0.102. The summed E-state index contributed by atoms with van der Waals surface area (Å²) in [5.41, 5.74) is 0.902. The molecule has 2 aromatic carbocycles. The number of carbonyl (C=O) groups is 1. The number of anilines is 1. The molecule has 0 bridgehead atoms. The van der Waals surface area contributed by atoms with Crippen molar-refractivity contribution >= 4 is 34.8 Å². The standard InChI is InChI=1S/C13H9Cl2NO2/c14-9-3-1-2-8(6-9)13(18)16-10-4-5-11(15)12(17)7-10/h1-7,17H,(H,16,18). The molecule has 0 saturated heterocycles. The van der Waals surface area contributed by atoms with Gasteiger partial charge in [0, 0.05) is 22.3 Å². The van der Waals surface area contributed by atoms with Crippen LogP contribution in [0.1, 0.15) is 10.4 Å². The number of phenolic OH excluding ortho intramolecular Hbond substituents is 1. The number of amides is 1. The molecule has 2 rings (SSSR count). The summed E-state index contributed by atoms with van der Waals surface area (Å²) in [5.74, 6) is -0.389. The predicted molar refractivity (Wildman–Crippen MR) is 72.5 cm³/mol. The summed E-state index contributed by atoms with van der Waals surface area (Å²) in [6, 6.07) is 11.1. The van der Waals surface area contributed by atoms with Crippen LogP contribution in [0.2, 0.25) is 10.0 Å². The van der Waals surface area contributed by atoms with Crippen molar-refractivity contribution in [3.05, 3.63) is 58.1 Å². The van der Waals surface area contributed by atoms with Gasteiger partial charge in [-0.05, 0) is 30.3 Å². The highest BCUT2D eigenvalue weighted by molar-refractivity contribution is 6.32. The van der Waals surface area contributed by atoms with E-state index in [9.17, 15) is 9.90 Å². The van der Waals surface area contributed by atoms with E-state index >= 15 is 0 Å². The van der Waals surface area contributed by atoms with Crippen LogP contribution < -0.4 is 5.32 Å². The number of hydrogen-bond acceptors (Lipinski definition) is 2. The molecule has 0 spiro atoms. The molecule has 1 amide bonds. The molecular weight excluding hydrogens is 273 g/mol. The minimum absolute atomic E-state index is 0.0828. The van der Waals surface area contributed by atoms with Crippen LogP contribution in [0.25, 0.3) is 0 Å². The molecule has 0 aromatic heterocycles. The van der Waals surface area contributed by atoms with Gasteiger partial charge >= 0.3 is 0 Å². The lowest BCUT2D eigenvalue weighted by Crippen LogP contribution is -2.11. The van der Waals surface area contributed by atoms with E-state index in [0.717, 1.165) is 0 Å². The number of halogens is 2. The lowest BCUT2D eigenvalue weighted by atomic mass is 10.2. The van der Waals surface area contributed by atoms with Gasteiger partial charge in [0.25, 0.3) is 5.91 Å². The molecule has 2 N–H and O–H groups in total. The van der Waals surface area contributed by atoms with Gasteiger partial charge in [-0.2, -0.15) is 0 Å². The van der Waals surface area contributed by atoms with Crippen LogP contribution >= 0.6 is 23.2 Å². The number of carbonyl (C=O) groups excluding carboxylic acids is 1. The fourth-order valence-corrected chi connectivity index (χ4v) is 1.73. The highest BCUT2D eigenvalue weighted by Gasteiger charge is 2.07. The molecule has 0 radical (unpaired) electrons. The van der Waals surface area contributed by atoms with E-state index < -0.39 is 0 Å². The second-order valence-corrected chi connectivity index (χ2v) is 4.47. The third-order valence-corrected chi connectivity index (χ3v) is 2.85. The van der Waals surface area contributed by atoms with Crippen LogP contribution in [0.3, 0.4) is 0 Å². The minimum Gasteiger partial charge on any atom is -0.506 e. The fourth-order valence-electron chi connectivity index (χ4n) is 1.42. The molecule has 3 nitrogen and oxygen atoms in total. The molecule has 92 valence electrons. The van der Waals surface area contributed by atoms with E-state index in [1.54, 1.807) is 30.3 Å². The zero-order valence-corrected chi connectivity index (χ0v) is 10.7. The molecule has 0 heterocycles. The maximum atomic E-state index is 11.9. The molecule has 18 heavy (non-hydrogen) atoms. The number of phenols is 1. The Kier molecular flexibility index (Phi) is 3.75. The topological polar surface area (TPSA) is 49.3 Å². The molecule has 0 aliphatic rings. The first-order valence-electron chi connectivity index (χ1n) is 5.12. The number of benzene rings is 2. The number of aromatic hydroxyl groups is 1. The summed E-state index contributed by atoms with van der Waals surface area (Å²) >= 11 is 11.5. The summed E-state index contributed by atoms with van der Waals surface area (Å²) in [4.78, 5) is 11.9. The molecule has 0 unspecified atom stereocenters. The highest BCUT2D eigenvalue weighted by atomic mass is 35.5. The third kappa shape index (κ3) is 2.94. The van der Waals surface area contributed by atoms with Crippen LogP contribution in [0, 0.1) is 0 Å². The van der Waals surface area contributed by atoms with Gasteiger partial charge in [-0.3, -0.25) is 4.79 Å². The maximum absolute atomic E-state index is 11.9. The molecule has 2 aromatic rings. The first-order chi connectivity index (χ1) is 8.56. The maximum Gasteiger partial charge on any atom is 0.255 e. The second-order valence-electron chi connectivity index (χ2n) is 3.63. The van der Waals surface area contributed by atoms with Crippen molar-refractivity contribution in [2.45, 2.75) is 0 Å². The first kappa shape index (κ1) is 12.7. The summed E-state index contributed by atoms with van der Waals surface area (Å²) < 4.78 is 0. The molecule has 5 heteroatoms. The van der Waals surface area contributed by atoms with Crippen molar-refractivity contribution in [3.63, 3.8) is 0 Å². The van der Waals surface area contributed by atoms with E-state index in [-0.39, 0.29) is 16.7 Å². The van der Waals surface area contributed by atoms with Crippen LogP contribution in [0.5, 0.6) is 5.75 Å². The summed E-state index contributed by atoms with van der Waals surface area (Å²) in [6.45, 7) is 0. The van der Waals surface area contributed by atoms with E-state index in [0.29, 0.717) is 16.3 Å². The van der Waals surface area contributed by atoms with E-state index in [1.165, 1.54) is 12.1 Å². The highest BCUT2D eigenvalue weighted by Crippen LogP contribution is 2.26. The first-order valence-corrected chi connectivity index (χ1v) is 5.87. The molecule has 0 fully saturated rings. The van der Waals surface area contributed by atoms with Crippen LogP contribution in [-0.4, -0.2) is 11.0 Å². The van der Waals surface area contributed by atoms with Gasteiger partial charge in [0.15, 0.2) is 0 Å². The largest absolute Gasteiger partial charge is 0.506 e. The van der Waals surface area contributed by atoms with Gasteiger partial charge in [0.2, 0.25) is 0 Å². The monoisotopic (exact) mass is 281 g/mol. The minimum atomic E-state index is -0.306. The molecular formula is C13H9Cl2NO2. The molecule has 0 aliphatic heterocycles. The van der Waals surface area contributed by atoms with E-state index in [2.05, 4.69) is 5.32 Å². The zero-order valence-electron chi connectivity index (χ0n) is 9.15. The third-order valence-electron chi connectivity index (χ3n) is 2.29. The van der Waals surface area contributed by atoms with Gasteiger partial charge in [0.05, 0.1) is 5.02 Å². The Hall–Kier alpha value is -1.71. The normalized spacial score (nSPS) is 10.1. The van der Waals surface area contributed by atoms with Crippen molar-refractivity contribution < 1.29 is 9.90 Å². The van der Waals surface area contributed by atoms with Crippen molar-refractivity contribution in [1.29, 1.82) is 0 Å². The van der Waals surface area contributed by atoms with Gasteiger partial charge in [-0.15, -0.1) is 0 Å². The van der Waals surface area contributed by atoms with Crippen LogP contribution in [0.15, 0.2) is 42.5 Å². The Morgan fingerprint density at radius 1 is 1.11 bits per heavy atom. The predicted octanol–water partition coefficient (Wildman–Crippen LogP) is 3.95. The molecule has 0 atom stereocenters. The Balaban J connectivity index is 2.18. The Labute approximate surface area is 114 Å². The van der Waals surface area contributed by atoms with Crippen molar-refractivity contribution in [2.24, 2.45) is 0 Å². The van der Waals surface area contributed by atoms with Crippen molar-refractivity contribution in [2.75, 3.05) is 5.32 Å². The van der Waals surface area contributed by atoms with Crippen molar-refractivity contribution in [1.82, 2.24) is 0 Å². The number of nitrogens with one attached hydrogen (secondary N) is 1. The average molecular weight is 282 g/mol. The quantitative estimate of drug-likeness (QED) is 0.876. The number of hydrogen-bond donors (Lipinski definition) is 2. The van der Waals surface area contributed by atoms with Gasteiger partial charge < -0.3 is 10.4 Å². The smallest absolute Gasteiger partial charge is 0.255 e. The van der Waals surface area contributed by atoms with Crippen LogP contribution in [0.4, 0.5) is 5.69 Å². The van der Waals surface area contributed by atoms with Gasteiger partial charge in [-0.25, -0.2) is 0 Å². The fraction of sp³-hybridized carbons (Fsp3) is 0. The summed E-state index contributed by atoms with van der Waals surface area (Å²) in [5, 5.41) is 12.8. The lowest BCUT2D eigenvalue weighted by Gasteiger charge is -2.06. The zero-order chi connectivity index (χ0) is 13.1. The Morgan fingerprint density at radius 2 is 1.89 bits per heavy atom. The average Bonchev–Trinajstić information content (AvgIpc) is 2.34. The van der Waals surface area contributed by atoms with E-state index in [4.69, 9.17) is 23.2 Å². The SMILES string of the molecule is O=C(Nc1ccc(Cl)c(O)c1)c1cccc(Cl)c1. The van der Waals surface area contributed by atoms with Crippen LogP contribution in [-0.2, 0) is 0 Å². The Morgan fingerprint density at radius 3 is 2.56 bits per heavy atom. The molecule has 0 saturated carbocycles. The van der Waals surface area contributed by atoms with Gasteiger partial charge in [-0.1, -0.05) is 29.3 Å². The Bertz CT molecular complexity index is 599. The second kappa shape index (κ2) is 5.29. The summed E-state index contributed by atoms with van der Waals surface area (Å²) in [6.07, 6.45) is 0. The van der Waals surface area contributed by atoms with Crippen molar-refractivity contribution in [3.8, 4) is 5.75 Å². The number of rotatable bonds is 2. The summed E-state index contributed by atoms with van der Waals surface area (Å²) in [7, 11) is 0. The van der Waals surface area contributed by atoms with E-state index in [1.807, 2.05) is 0 Å². The van der Waals surface area contributed by atoms with Gasteiger partial charge in [0.1, 0.15) is 5.75 Å².